The molecule has 9 heteroatoms. The lowest BCUT2D eigenvalue weighted by Gasteiger charge is -2.36. The van der Waals surface area contributed by atoms with Crippen LogP contribution in [-0.4, -0.2) is 52.7 Å². The molecule has 0 aliphatic carbocycles. The number of rotatable bonds is 1. The number of anilines is 1. The predicted molar refractivity (Wildman–Crippen MR) is 112 cm³/mol. The molecule has 0 unspecified atom stereocenters. The maximum Gasteiger partial charge on any atom is 0.410 e. The van der Waals surface area contributed by atoms with E-state index in [0.29, 0.717) is 43.1 Å². The summed E-state index contributed by atoms with van der Waals surface area (Å²) < 4.78 is 12.1. The van der Waals surface area contributed by atoms with Gasteiger partial charge in [-0.05, 0) is 60.4 Å². The normalized spacial score (nSPS) is 15.5. The van der Waals surface area contributed by atoms with Gasteiger partial charge >= 0.3 is 6.09 Å². The largest absolute Gasteiger partial charge is 0.463 e. The van der Waals surface area contributed by atoms with Gasteiger partial charge in [0.1, 0.15) is 17.0 Å². The van der Waals surface area contributed by atoms with E-state index in [1.165, 1.54) is 0 Å². The zero-order chi connectivity index (χ0) is 20.1. The van der Waals surface area contributed by atoms with Crippen molar-refractivity contribution < 1.29 is 13.9 Å². The molecule has 0 saturated carbocycles. The van der Waals surface area contributed by atoms with Crippen LogP contribution in [0.2, 0.25) is 5.28 Å². The Kier molecular flexibility index (Phi) is 4.87. The molecule has 0 radical (unpaired) electrons. The van der Waals surface area contributed by atoms with Gasteiger partial charge in [0, 0.05) is 36.0 Å². The highest BCUT2D eigenvalue weighted by Crippen LogP contribution is 2.37. The summed E-state index contributed by atoms with van der Waals surface area (Å²) in [4.78, 5) is 25.0. The summed E-state index contributed by atoms with van der Waals surface area (Å²) >= 11 is 9.75. The Morgan fingerprint density at radius 1 is 1.25 bits per heavy atom. The number of carbonyl (C=O) groups is 1. The summed E-state index contributed by atoms with van der Waals surface area (Å²) in [7, 11) is 0. The number of furan rings is 1. The number of carbonyl (C=O) groups excluding carboxylic acids is 1. The van der Waals surface area contributed by atoms with Crippen molar-refractivity contribution in [3.63, 3.8) is 0 Å². The lowest BCUT2D eigenvalue weighted by molar-refractivity contribution is 0.0240. The van der Waals surface area contributed by atoms with Crippen molar-refractivity contribution >= 4 is 61.3 Å². The van der Waals surface area contributed by atoms with Crippen molar-refractivity contribution in [3.8, 4) is 0 Å². The molecule has 4 rings (SSSR count). The average molecular weight is 468 g/mol. The van der Waals surface area contributed by atoms with Crippen molar-refractivity contribution in [2.24, 2.45) is 0 Å². The minimum absolute atomic E-state index is 0.176. The Morgan fingerprint density at radius 2 is 1.96 bits per heavy atom. The molecule has 3 aromatic rings. The topological polar surface area (TPSA) is 71.7 Å². The molecule has 1 fully saturated rings. The first kappa shape index (κ1) is 19.3. The van der Waals surface area contributed by atoms with Gasteiger partial charge in [-0.2, -0.15) is 4.98 Å². The lowest BCUT2D eigenvalue weighted by Crippen LogP contribution is -2.50. The Morgan fingerprint density at radius 3 is 2.64 bits per heavy atom. The summed E-state index contributed by atoms with van der Waals surface area (Å²) in [6, 6.07) is 3.82. The number of fused-ring (bicyclic) bond motifs is 3. The summed E-state index contributed by atoms with van der Waals surface area (Å²) in [6.07, 6.45) is 1.35. The molecule has 3 heterocycles. The monoisotopic (exact) mass is 466 g/mol. The lowest BCUT2D eigenvalue weighted by atomic mass is 10.1. The van der Waals surface area contributed by atoms with Gasteiger partial charge in [-0.3, -0.25) is 0 Å². The van der Waals surface area contributed by atoms with E-state index in [-0.39, 0.29) is 11.4 Å². The number of aromatic nitrogens is 2. The van der Waals surface area contributed by atoms with Crippen LogP contribution in [0.1, 0.15) is 20.8 Å². The van der Waals surface area contributed by atoms with Gasteiger partial charge in [0.25, 0.3) is 0 Å². The van der Waals surface area contributed by atoms with Crippen molar-refractivity contribution in [2.75, 3.05) is 31.1 Å². The first-order valence-electron chi connectivity index (χ1n) is 8.99. The molecule has 1 aromatic carbocycles. The summed E-state index contributed by atoms with van der Waals surface area (Å²) in [5, 5.41) is 1.94. The second-order valence-electron chi connectivity index (χ2n) is 7.69. The number of hydrogen-bond donors (Lipinski definition) is 0. The molecular weight excluding hydrogens is 448 g/mol. The molecule has 148 valence electrons. The summed E-state index contributed by atoms with van der Waals surface area (Å²) in [6.45, 7) is 7.89. The zero-order valence-corrected chi connectivity index (χ0v) is 18.2. The molecule has 2 aromatic heterocycles. The SMILES string of the molecule is CC(C)(C)OC(=O)N1CCN(c2nc(Cl)nc3cc(Br)c4ccoc4c23)CC1. The molecule has 1 amide bonds. The number of amides is 1. The fraction of sp³-hybridized carbons (Fsp3) is 0.421. The van der Waals surface area contributed by atoms with E-state index < -0.39 is 5.60 Å². The zero-order valence-electron chi connectivity index (χ0n) is 15.8. The third-order valence-electron chi connectivity index (χ3n) is 4.53. The van der Waals surface area contributed by atoms with E-state index in [0.717, 1.165) is 15.2 Å². The molecule has 1 saturated heterocycles. The van der Waals surface area contributed by atoms with Crippen LogP contribution in [-0.2, 0) is 4.74 Å². The van der Waals surface area contributed by atoms with Crippen molar-refractivity contribution in [3.05, 3.63) is 28.2 Å². The van der Waals surface area contributed by atoms with Crippen LogP contribution in [0.5, 0.6) is 0 Å². The van der Waals surface area contributed by atoms with E-state index in [4.69, 9.17) is 20.8 Å². The second kappa shape index (κ2) is 7.08. The average Bonchev–Trinajstić information content (AvgIpc) is 3.10. The Labute approximate surface area is 175 Å². The van der Waals surface area contributed by atoms with Crippen LogP contribution < -0.4 is 4.90 Å². The number of piperazine rings is 1. The second-order valence-corrected chi connectivity index (χ2v) is 8.88. The molecular formula is C19H20BrClN4O3. The van der Waals surface area contributed by atoms with Crippen LogP contribution in [0.4, 0.5) is 10.6 Å². The molecule has 0 spiro atoms. The van der Waals surface area contributed by atoms with Crippen LogP contribution in [0.3, 0.4) is 0 Å². The third kappa shape index (κ3) is 3.63. The maximum absolute atomic E-state index is 12.3. The number of benzene rings is 1. The molecule has 1 aliphatic heterocycles. The van der Waals surface area contributed by atoms with E-state index in [1.807, 2.05) is 32.9 Å². The first-order chi connectivity index (χ1) is 13.2. The van der Waals surface area contributed by atoms with Gasteiger partial charge in [0.05, 0.1) is 17.2 Å². The number of ether oxygens (including phenoxy) is 1. The quantitative estimate of drug-likeness (QED) is 0.477. The Bertz CT molecular complexity index is 1050. The highest BCUT2D eigenvalue weighted by molar-refractivity contribution is 9.10. The highest BCUT2D eigenvalue weighted by atomic mass is 79.9. The number of nitrogens with zero attached hydrogens (tertiary/aromatic N) is 4. The Balaban J connectivity index is 1.66. The smallest absolute Gasteiger partial charge is 0.410 e. The molecule has 28 heavy (non-hydrogen) atoms. The number of halogens is 2. The molecule has 7 nitrogen and oxygen atoms in total. The minimum atomic E-state index is -0.511. The van der Waals surface area contributed by atoms with E-state index in [2.05, 4.69) is 30.8 Å². The fourth-order valence-corrected chi connectivity index (χ4v) is 4.01. The van der Waals surface area contributed by atoms with Crippen molar-refractivity contribution in [2.45, 2.75) is 26.4 Å². The predicted octanol–water partition coefficient (Wildman–Crippen LogP) is 4.85. The van der Waals surface area contributed by atoms with Gasteiger partial charge in [-0.15, -0.1) is 0 Å². The van der Waals surface area contributed by atoms with Crippen LogP contribution in [0.25, 0.3) is 21.9 Å². The molecule has 1 aliphatic rings. The van der Waals surface area contributed by atoms with Gasteiger partial charge in [-0.1, -0.05) is 0 Å². The minimum Gasteiger partial charge on any atom is -0.463 e. The van der Waals surface area contributed by atoms with Crippen molar-refractivity contribution in [1.29, 1.82) is 0 Å². The van der Waals surface area contributed by atoms with Gasteiger partial charge in [0.15, 0.2) is 0 Å². The summed E-state index contributed by atoms with van der Waals surface area (Å²) in [5.74, 6) is 0.714. The van der Waals surface area contributed by atoms with Crippen LogP contribution >= 0.6 is 27.5 Å². The van der Waals surface area contributed by atoms with Crippen molar-refractivity contribution in [1.82, 2.24) is 14.9 Å². The van der Waals surface area contributed by atoms with E-state index in [1.54, 1.807) is 11.2 Å². The Hall–Kier alpha value is -2.06. The molecule has 0 atom stereocenters. The van der Waals surface area contributed by atoms with E-state index in [9.17, 15) is 4.79 Å². The van der Waals surface area contributed by atoms with E-state index >= 15 is 0 Å². The highest BCUT2D eigenvalue weighted by Gasteiger charge is 2.28. The summed E-state index contributed by atoms with van der Waals surface area (Å²) in [5.41, 5.74) is 0.910. The van der Waals surface area contributed by atoms with Crippen LogP contribution in [0, 0.1) is 0 Å². The maximum atomic E-state index is 12.3. The molecule has 0 bridgehead atoms. The van der Waals surface area contributed by atoms with Gasteiger partial charge in [-0.25, -0.2) is 9.78 Å². The first-order valence-corrected chi connectivity index (χ1v) is 10.2. The van der Waals surface area contributed by atoms with Gasteiger partial charge < -0.3 is 19.0 Å². The van der Waals surface area contributed by atoms with Crippen LogP contribution in [0.15, 0.2) is 27.3 Å². The standard InChI is InChI=1S/C19H20BrClN4O3/c1-19(2,3)28-18(26)25-7-5-24(6-8-25)16-14-13(22-17(21)23-16)10-12(20)11-4-9-27-15(11)14/h4,9-10H,5-8H2,1-3H3. The number of hydrogen-bond acceptors (Lipinski definition) is 6. The molecule has 0 N–H and O–H groups in total. The third-order valence-corrected chi connectivity index (χ3v) is 5.36. The van der Waals surface area contributed by atoms with Gasteiger partial charge in [0.2, 0.25) is 5.28 Å². The fourth-order valence-electron chi connectivity index (χ4n) is 3.31.